The molecule has 2 heterocycles. The first-order chi connectivity index (χ1) is 10.4. The number of para-hydroxylation sites is 2. The highest BCUT2D eigenvalue weighted by atomic mass is 32.1. The summed E-state index contributed by atoms with van der Waals surface area (Å²) in [5, 5.41) is 1.03. The van der Waals surface area contributed by atoms with Crippen LogP contribution in [-0.4, -0.2) is 20.6 Å². The summed E-state index contributed by atoms with van der Waals surface area (Å²) in [4.78, 5) is 15.0. The van der Waals surface area contributed by atoms with Crippen molar-refractivity contribution in [2.24, 2.45) is 0 Å². The number of hydrogen-bond acceptors (Lipinski definition) is 5. The van der Waals surface area contributed by atoms with Gasteiger partial charge in [-0.15, -0.1) is 11.3 Å². The van der Waals surface area contributed by atoms with E-state index in [0.29, 0.717) is 12.3 Å². The van der Waals surface area contributed by atoms with Crippen molar-refractivity contribution in [2.75, 3.05) is 0 Å². The summed E-state index contributed by atoms with van der Waals surface area (Å²) in [6, 6.07) is 7.86. The van der Waals surface area contributed by atoms with Crippen molar-refractivity contribution in [1.29, 1.82) is 0 Å². The lowest BCUT2D eigenvalue weighted by Crippen LogP contribution is -2.24. The first-order valence-corrected chi connectivity index (χ1v) is 8.08. The number of fused-ring (bicyclic) bond motifs is 1. The summed E-state index contributed by atoms with van der Waals surface area (Å²) in [7, 11) is 0. The van der Waals surface area contributed by atoms with Crippen LogP contribution in [0.25, 0.3) is 11.0 Å². The van der Waals surface area contributed by atoms with Crippen molar-refractivity contribution < 1.29 is 4.74 Å². The van der Waals surface area contributed by atoms with E-state index in [1.54, 1.807) is 11.3 Å². The Bertz CT molecular complexity index is 805. The minimum Gasteiger partial charge on any atom is -0.471 e. The maximum absolute atomic E-state index is 6.02. The Morgan fingerprint density at radius 1 is 1.09 bits per heavy atom. The molecule has 0 fully saturated rings. The highest BCUT2D eigenvalue weighted by molar-refractivity contribution is 7.11. The number of nitrogens with zero attached hydrogens (tertiary/aromatic N) is 3. The number of aromatic nitrogens is 3. The molecule has 22 heavy (non-hydrogen) atoms. The molecule has 0 unspecified atom stereocenters. The number of rotatable bonds is 3. The van der Waals surface area contributed by atoms with Crippen molar-refractivity contribution in [3.8, 4) is 5.88 Å². The molecule has 0 bridgehead atoms. The summed E-state index contributed by atoms with van der Waals surface area (Å²) >= 11 is 1.68. The van der Waals surface area contributed by atoms with Crippen LogP contribution in [0.15, 0.2) is 30.5 Å². The Labute approximate surface area is 134 Å². The van der Waals surface area contributed by atoms with Gasteiger partial charge in [0.2, 0.25) is 5.88 Å². The summed E-state index contributed by atoms with van der Waals surface area (Å²) < 4.78 is 6.02. The van der Waals surface area contributed by atoms with E-state index in [9.17, 15) is 0 Å². The van der Waals surface area contributed by atoms with Crippen molar-refractivity contribution in [3.63, 3.8) is 0 Å². The van der Waals surface area contributed by atoms with Crippen LogP contribution in [-0.2, 0) is 6.42 Å². The van der Waals surface area contributed by atoms with Gasteiger partial charge in [-0.05, 0) is 39.8 Å². The van der Waals surface area contributed by atoms with Crippen molar-refractivity contribution in [2.45, 2.75) is 39.7 Å². The molecule has 0 N–H and O–H groups in total. The summed E-state index contributed by atoms with van der Waals surface area (Å²) in [5.74, 6) is 0.596. The molecule has 0 atom stereocenters. The van der Waals surface area contributed by atoms with E-state index >= 15 is 0 Å². The average molecular weight is 313 g/mol. The van der Waals surface area contributed by atoms with Gasteiger partial charge in [0.1, 0.15) is 11.3 Å². The summed E-state index contributed by atoms with van der Waals surface area (Å²) in [6.07, 6.45) is 2.53. The zero-order valence-electron chi connectivity index (χ0n) is 13.3. The van der Waals surface area contributed by atoms with Crippen LogP contribution in [0.1, 0.15) is 36.3 Å². The Morgan fingerprint density at radius 3 is 2.36 bits per heavy atom. The summed E-state index contributed by atoms with van der Waals surface area (Å²) in [5.41, 5.74) is 2.25. The Hall–Kier alpha value is -2.01. The van der Waals surface area contributed by atoms with Gasteiger partial charge in [0.15, 0.2) is 0 Å². The van der Waals surface area contributed by atoms with Gasteiger partial charge in [-0.25, -0.2) is 15.0 Å². The van der Waals surface area contributed by atoms with Gasteiger partial charge in [0.25, 0.3) is 0 Å². The molecule has 3 rings (SSSR count). The first-order valence-electron chi connectivity index (χ1n) is 7.27. The van der Waals surface area contributed by atoms with E-state index in [2.05, 4.69) is 16.9 Å². The molecule has 0 saturated heterocycles. The van der Waals surface area contributed by atoms with E-state index in [1.807, 2.05) is 51.2 Å². The lowest BCUT2D eigenvalue weighted by molar-refractivity contribution is 0.122. The molecule has 5 heteroatoms. The third-order valence-electron chi connectivity index (χ3n) is 3.00. The molecular weight excluding hydrogens is 294 g/mol. The lowest BCUT2D eigenvalue weighted by Gasteiger charge is -2.22. The number of ether oxygens (including phenoxy) is 1. The van der Waals surface area contributed by atoms with Gasteiger partial charge in [-0.3, -0.25) is 0 Å². The average Bonchev–Trinajstić information content (AvgIpc) is 2.83. The third kappa shape index (κ3) is 3.42. The van der Waals surface area contributed by atoms with Crippen molar-refractivity contribution in [3.05, 3.63) is 46.0 Å². The number of benzene rings is 1. The number of aryl methyl sites for hydroxylation is 1. The van der Waals surface area contributed by atoms with Crippen LogP contribution in [0.5, 0.6) is 5.88 Å². The van der Waals surface area contributed by atoms with E-state index in [0.717, 1.165) is 21.7 Å². The lowest BCUT2D eigenvalue weighted by atomic mass is 10.2. The first kappa shape index (κ1) is 14.9. The molecule has 0 amide bonds. The molecule has 0 saturated carbocycles. The van der Waals surface area contributed by atoms with E-state index in [-0.39, 0.29) is 5.60 Å². The molecule has 0 aliphatic heterocycles. The smallest absolute Gasteiger partial charge is 0.237 e. The molecule has 0 radical (unpaired) electrons. The van der Waals surface area contributed by atoms with Crippen LogP contribution >= 0.6 is 11.3 Å². The fraction of sp³-hybridized carbons (Fsp3) is 0.353. The molecule has 3 aromatic rings. The highest BCUT2D eigenvalue weighted by Gasteiger charge is 2.19. The van der Waals surface area contributed by atoms with Crippen molar-refractivity contribution in [1.82, 2.24) is 15.0 Å². The van der Waals surface area contributed by atoms with Crippen molar-refractivity contribution >= 4 is 22.4 Å². The van der Waals surface area contributed by atoms with Crippen LogP contribution in [0.2, 0.25) is 0 Å². The quantitative estimate of drug-likeness (QED) is 0.728. The fourth-order valence-corrected chi connectivity index (χ4v) is 2.93. The minimum absolute atomic E-state index is 0.315. The zero-order valence-corrected chi connectivity index (χ0v) is 14.1. The van der Waals surface area contributed by atoms with Crippen LogP contribution in [0.3, 0.4) is 0 Å². The van der Waals surface area contributed by atoms with Gasteiger partial charge < -0.3 is 4.74 Å². The topological polar surface area (TPSA) is 47.9 Å². The van der Waals surface area contributed by atoms with Gasteiger partial charge in [-0.1, -0.05) is 12.1 Å². The standard InChI is InChI=1S/C17H19N3OS/c1-11-10-18-15(22-11)9-14-16(21-17(2,3)4)20-13-8-6-5-7-12(13)19-14/h5-8,10H,9H2,1-4H3. The largest absolute Gasteiger partial charge is 0.471 e. The van der Waals surface area contributed by atoms with E-state index < -0.39 is 0 Å². The molecule has 0 aliphatic carbocycles. The minimum atomic E-state index is -0.315. The van der Waals surface area contributed by atoms with E-state index in [1.165, 1.54) is 4.88 Å². The Kier molecular flexibility index (Phi) is 3.83. The molecule has 2 aromatic heterocycles. The van der Waals surface area contributed by atoms with Crippen LogP contribution in [0.4, 0.5) is 0 Å². The van der Waals surface area contributed by atoms with Gasteiger partial charge in [0, 0.05) is 17.5 Å². The molecule has 4 nitrogen and oxygen atoms in total. The molecule has 1 aromatic carbocycles. The normalized spacial score (nSPS) is 11.8. The Morgan fingerprint density at radius 2 is 1.77 bits per heavy atom. The monoisotopic (exact) mass is 313 g/mol. The maximum atomic E-state index is 6.02. The zero-order chi connectivity index (χ0) is 15.7. The molecule has 114 valence electrons. The Balaban J connectivity index is 2.06. The van der Waals surface area contributed by atoms with Crippen LogP contribution in [0, 0.1) is 6.92 Å². The summed E-state index contributed by atoms with van der Waals surface area (Å²) in [6.45, 7) is 8.10. The second-order valence-electron chi connectivity index (χ2n) is 6.22. The SMILES string of the molecule is Cc1cnc(Cc2nc3ccccc3nc2OC(C)(C)C)s1. The van der Waals surface area contributed by atoms with Gasteiger partial charge in [0.05, 0.1) is 16.0 Å². The fourth-order valence-electron chi connectivity index (χ4n) is 2.13. The second kappa shape index (κ2) is 5.65. The number of thiazole rings is 1. The molecule has 0 aliphatic rings. The van der Waals surface area contributed by atoms with E-state index in [4.69, 9.17) is 9.72 Å². The second-order valence-corrected chi connectivity index (χ2v) is 7.54. The number of hydrogen-bond donors (Lipinski definition) is 0. The highest BCUT2D eigenvalue weighted by Crippen LogP contribution is 2.26. The van der Waals surface area contributed by atoms with Crippen LogP contribution < -0.4 is 4.74 Å². The maximum Gasteiger partial charge on any atom is 0.237 e. The third-order valence-corrected chi connectivity index (χ3v) is 3.91. The molecular formula is C17H19N3OS. The predicted molar refractivity (Wildman–Crippen MR) is 89.6 cm³/mol. The predicted octanol–water partition coefficient (Wildman–Crippen LogP) is 4.16. The molecule has 0 spiro atoms. The van der Waals surface area contributed by atoms with Gasteiger partial charge in [-0.2, -0.15) is 0 Å². The van der Waals surface area contributed by atoms with Gasteiger partial charge >= 0.3 is 0 Å².